The van der Waals surface area contributed by atoms with E-state index in [1.807, 2.05) is 13.8 Å². The SMILES string of the molecule is C=C(c1nnn(C(C)C)n1)C(O)CC(O)C(C(=O)OCC)c1ccc(F)cc1. The molecule has 1 aromatic carbocycles. The van der Waals surface area contributed by atoms with Crippen LogP contribution in [0.15, 0.2) is 30.8 Å². The highest BCUT2D eigenvalue weighted by molar-refractivity contribution is 5.79. The van der Waals surface area contributed by atoms with Crippen molar-refractivity contribution in [3.63, 3.8) is 0 Å². The zero-order valence-electron chi connectivity index (χ0n) is 16.1. The van der Waals surface area contributed by atoms with Crippen LogP contribution >= 0.6 is 0 Å². The van der Waals surface area contributed by atoms with Gasteiger partial charge in [-0.25, -0.2) is 4.39 Å². The van der Waals surface area contributed by atoms with Crippen LogP contribution in [0.5, 0.6) is 0 Å². The highest BCUT2D eigenvalue weighted by Gasteiger charge is 2.32. The molecule has 152 valence electrons. The van der Waals surface area contributed by atoms with Gasteiger partial charge in [0.2, 0.25) is 5.82 Å². The predicted octanol–water partition coefficient (Wildman–Crippen LogP) is 1.87. The number of carbonyl (C=O) groups is 1. The Morgan fingerprint density at radius 1 is 1.29 bits per heavy atom. The molecular weight excluding hydrogens is 367 g/mol. The lowest BCUT2D eigenvalue weighted by Crippen LogP contribution is -2.31. The molecule has 9 heteroatoms. The van der Waals surface area contributed by atoms with Crippen LogP contribution in [0.1, 0.15) is 50.5 Å². The largest absolute Gasteiger partial charge is 0.465 e. The average Bonchev–Trinajstić information content (AvgIpc) is 3.13. The number of hydrogen-bond donors (Lipinski definition) is 2. The molecule has 0 radical (unpaired) electrons. The van der Waals surface area contributed by atoms with E-state index in [0.29, 0.717) is 5.56 Å². The van der Waals surface area contributed by atoms with Gasteiger partial charge in [-0.05, 0) is 43.7 Å². The summed E-state index contributed by atoms with van der Waals surface area (Å²) in [4.78, 5) is 13.7. The van der Waals surface area contributed by atoms with Crippen LogP contribution in [0.4, 0.5) is 4.39 Å². The lowest BCUT2D eigenvalue weighted by Gasteiger charge is -2.24. The van der Waals surface area contributed by atoms with E-state index in [2.05, 4.69) is 22.0 Å². The lowest BCUT2D eigenvalue weighted by atomic mass is 9.89. The van der Waals surface area contributed by atoms with E-state index in [1.54, 1.807) is 6.92 Å². The van der Waals surface area contributed by atoms with Crippen LogP contribution < -0.4 is 0 Å². The maximum absolute atomic E-state index is 13.2. The van der Waals surface area contributed by atoms with Gasteiger partial charge < -0.3 is 14.9 Å². The Kier molecular flexibility index (Phi) is 7.36. The van der Waals surface area contributed by atoms with Gasteiger partial charge in [0.1, 0.15) is 11.7 Å². The molecule has 0 aliphatic carbocycles. The summed E-state index contributed by atoms with van der Waals surface area (Å²) in [6, 6.07) is 5.17. The summed E-state index contributed by atoms with van der Waals surface area (Å²) in [6.45, 7) is 9.29. The van der Waals surface area contributed by atoms with Crippen LogP contribution in [0.25, 0.3) is 5.57 Å². The Labute approximate surface area is 162 Å². The molecule has 3 unspecified atom stereocenters. The Bertz CT molecular complexity index is 807. The van der Waals surface area contributed by atoms with Gasteiger partial charge in [-0.3, -0.25) is 4.79 Å². The average molecular weight is 392 g/mol. The molecule has 0 fully saturated rings. The topological polar surface area (TPSA) is 110 Å². The van der Waals surface area contributed by atoms with Crippen LogP contribution in [0.2, 0.25) is 0 Å². The number of rotatable bonds is 9. The fraction of sp³-hybridized carbons (Fsp3) is 0.474. The fourth-order valence-electron chi connectivity index (χ4n) is 2.65. The Morgan fingerprint density at radius 2 is 1.93 bits per heavy atom. The minimum atomic E-state index is -1.29. The van der Waals surface area contributed by atoms with Crippen LogP contribution in [0.3, 0.4) is 0 Å². The van der Waals surface area contributed by atoms with E-state index in [0.717, 1.165) is 0 Å². The molecule has 2 rings (SSSR count). The summed E-state index contributed by atoms with van der Waals surface area (Å²) in [5.41, 5.74) is 0.557. The summed E-state index contributed by atoms with van der Waals surface area (Å²) in [5, 5.41) is 32.9. The van der Waals surface area contributed by atoms with Gasteiger partial charge in [0.15, 0.2) is 0 Å². The maximum Gasteiger partial charge on any atom is 0.316 e. The number of nitrogens with zero attached hydrogens (tertiary/aromatic N) is 4. The standard InChI is InChI=1S/C19H25FN4O4/c1-5-28-19(27)17(13-6-8-14(20)9-7-13)16(26)10-15(25)12(4)18-21-23-24(22-18)11(2)3/h6-9,11,15-17,25-26H,4-5,10H2,1-3H3. The number of aliphatic hydroxyl groups excluding tert-OH is 2. The summed E-state index contributed by atoms with van der Waals surface area (Å²) in [6.07, 6.45) is -2.72. The third-order valence-electron chi connectivity index (χ3n) is 4.20. The van der Waals surface area contributed by atoms with E-state index < -0.39 is 29.9 Å². The highest BCUT2D eigenvalue weighted by atomic mass is 19.1. The monoisotopic (exact) mass is 392 g/mol. The van der Waals surface area contributed by atoms with Crippen LogP contribution in [-0.4, -0.2) is 55.2 Å². The van der Waals surface area contributed by atoms with E-state index in [9.17, 15) is 19.4 Å². The molecule has 1 aromatic heterocycles. The molecule has 2 N–H and O–H groups in total. The maximum atomic E-state index is 13.2. The Balaban J connectivity index is 2.16. The summed E-state index contributed by atoms with van der Waals surface area (Å²) < 4.78 is 18.2. The van der Waals surface area contributed by atoms with Gasteiger partial charge >= 0.3 is 5.97 Å². The molecule has 28 heavy (non-hydrogen) atoms. The van der Waals surface area contributed by atoms with Crippen molar-refractivity contribution in [2.24, 2.45) is 0 Å². The minimum Gasteiger partial charge on any atom is -0.465 e. The highest BCUT2D eigenvalue weighted by Crippen LogP contribution is 2.27. The second-order valence-corrected chi connectivity index (χ2v) is 6.65. The molecular formula is C19H25FN4O4. The van der Waals surface area contributed by atoms with Crippen molar-refractivity contribution >= 4 is 11.5 Å². The van der Waals surface area contributed by atoms with Gasteiger partial charge in [-0.2, -0.15) is 4.80 Å². The van der Waals surface area contributed by atoms with Crippen LogP contribution in [0, 0.1) is 5.82 Å². The van der Waals surface area contributed by atoms with Crippen molar-refractivity contribution in [2.45, 2.75) is 51.4 Å². The van der Waals surface area contributed by atoms with Crippen molar-refractivity contribution in [1.82, 2.24) is 20.2 Å². The van der Waals surface area contributed by atoms with E-state index in [4.69, 9.17) is 4.74 Å². The number of carbonyl (C=O) groups excluding carboxylic acids is 1. The molecule has 0 aliphatic heterocycles. The quantitative estimate of drug-likeness (QED) is 0.627. The third-order valence-corrected chi connectivity index (χ3v) is 4.20. The van der Waals surface area contributed by atoms with Crippen molar-refractivity contribution < 1.29 is 24.1 Å². The smallest absolute Gasteiger partial charge is 0.316 e. The van der Waals surface area contributed by atoms with Crippen molar-refractivity contribution in [2.75, 3.05) is 6.61 Å². The molecule has 0 bridgehead atoms. The number of halogens is 1. The van der Waals surface area contributed by atoms with Gasteiger partial charge in [0, 0.05) is 12.0 Å². The normalized spacial score (nSPS) is 14.5. The third kappa shape index (κ3) is 5.20. The van der Waals surface area contributed by atoms with Crippen molar-refractivity contribution in [3.8, 4) is 0 Å². The zero-order chi connectivity index (χ0) is 20.8. The summed E-state index contributed by atoms with van der Waals surface area (Å²) >= 11 is 0. The Morgan fingerprint density at radius 3 is 2.46 bits per heavy atom. The van der Waals surface area contributed by atoms with Crippen molar-refractivity contribution in [3.05, 3.63) is 48.0 Å². The molecule has 0 aliphatic rings. The second-order valence-electron chi connectivity index (χ2n) is 6.65. The second kappa shape index (κ2) is 9.52. The van der Waals surface area contributed by atoms with Gasteiger partial charge in [-0.1, -0.05) is 18.7 Å². The molecule has 0 spiro atoms. The number of benzene rings is 1. The summed E-state index contributed by atoms with van der Waals surface area (Å²) in [7, 11) is 0. The lowest BCUT2D eigenvalue weighted by molar-refractivity contribution is -0.148. The number of aromatic nitrogens is 4. The van der Waals surface area contributed by atoms with Gasteiger partial charge in [0.25, 0.3) is 0 Å². The van der Waals surface area contributed by atoms with Gasteiger partial charge in [0.05, 0.1) is 24.9 Å². The van der Waals surface area contributed by atoms with E-state index in [1.165, 1.54) is 29.1 Å². The molecule has 2 aromatic rings. The van der Waals surface area contributed by atoms with E-state index >= 15 is 0 Å². The first-order valence-corrected chi connectivity index (χ1v) is 9.01. The number of hydrogen-bond acceptors (Lipinski definition) is 7. The van der Waals surface area contributed by atoms with Crippen LogP contribution in [-0.2, 0) is 9.53 Å². The number of ether oxygens (including phenoxy) is 1. The number of tetrazole rings is 1. The zero-order valence-corrected chi connectivity index (χ0v) is 16.1. The molecule has 0 saturated heterocycles. The first kappa shape index (κ1) is 21.6. The molecule has 3 atom stereocenters. The van der Waals surface area contributed by atoms with Gasteiger partial charge in [-0.15, -0.1) is 10.2 Å². The predicted molar refractivity (Wildman–Crippen MR) is 99.6 cm³/mol. The molecule has 8 nitrogen and oxygen atoms in total. The Hall–Kier alpha value is -2.65. The first-order valence-electron chi connectivity index (χ1n) is 9.01. The first-order chi connectivity index (χ1) is 13.2. The number of aliphatic hydroxyl groups is 2. The molecule has 1 heterocycles. The molecule has 0 amide bonds. The number of esters is 1. The van der Waals surface area contributed by atoms with Crippen molar-refractivity contribution in [1.29, 1.82) is 0 Å². The fourth-order valence-corrected chi connectivity index (χ4v) is 2.65. The van der Waals surface area contributed by atoms with E-state index in [-0.39, 0.29) is 30.5 Å². The molecule has 0 saturated carbocycles. The minimum absolute atomic E-state index is 0.0107. The summed E-state index contributed by atoms with van der Waals surface area (Å²) in [5.74, 6) is -2.05.